The van der Waals surface area contributed by atoms with E-state index < -0.39 is 33.6 Å². The Hall–Kier alpha value is -3.76. The van der Waals surface area contributed by atoms with Crippen molar-refractivity contribution in [2.75, 3.05) is 13.1 Å². The highest BCUT2D eigenvalue weighted by atomic mass is 32.2. The number of rotatable bonds is 5. The number of benzene rings is 3. The summed E-state index contributed by atoms with van der Waals surface area (Å²) in [5.74, 6) is -0.666. The number of aromatic nitrogens is 1. The molecule has 0 unspecified atom stereocenters. The number of sulfonamides is 1. The Bertz CT molecular complexity index is 1460. The predicted octanol–water partition coefficient (Wildman–Crippen LogP) is 3.32. The van der Waals surface area contributed by atoms with E-state index in [0.29, 0.717) is 0 Å². The van der Waals surface area contributed by atoms with E-state index in [1.165, 1.54) is 18.2 Å². The maximum atomic E-state index is 13.2. The molecule has 0 bridgehead atoms. The molecular formula is C23H19N3O6S. The first kappa shape index (κ1) is 21.1. The number of nitrogens with zero attached hydrogens (tertiary/aromatic N) is 3. The molecule has 0 radical (unpaired) electrons. The molecule has 3 aromatic carbocycles. The molecule has 1 aromatic heterocycles. The average molecular weight is 465 g/mol. The summed E-state index contributed by atoms with van der Waals surface area (Å²) in [6.45, 7) is -0.243. The van der Waals surface area contributed by atoms with Crippen molar-refractivity contribution in [1.29, 1.82) is 0 Å². The number of fused-ring (bicyclic) bond motifs is 3. The van der Waals surface area contributed by atoms with Crippen LogP contribution in [-0.4, -0.2) is 47.4 Å². The van der Waals surface area contributed by atoms with Crippen molar-refractivity contribution in [3.8, 4) is 0 Å². The first-order valence-corrected chi connectivity index (χ1v) is 11.7. The van der Waals surface area contributed by atoms with Crippen LogP contribution in [0.5, 0.6) is 0 Å². The van der Waals surface area contributed by atoms with Gasteiger partial charge in [0.15, 0.2) is 0 Å². The fourth-order valence-electron chi connectivity index (χ4n) is 4.28. The zero-order chi connectivity index (χ0) is 23.2. The van der Waals surface area contributed by atoms with Gasteiger partial charge in [0.25, 0.3) is 5.69 Å². The number of esters is 1. The lowest BCUT2D eigenvalue weighted by Gasteiger charge is -2.31. The van der Waals surface area contributed by atoms with E-state index in [9.17, 15) is 23.3 Å². The Kier molecular flexibility index (Phi) is 5.10. The van der Waals surface area contributed by atoms with Crippen LogP contribution in [0.2, 0.25) is 0 Å². The number of carbonyl (C=O) groups excluding carboxylic acids is 1. The Morgan fingerprint density at radius 3 is 2.24 bits per heavy atom. The van der Waals surface area contributed by atoms with E-state index in [1.54, 1.807) is 0 Å². The number of nitro groups is 1. The lowest BCUT2D eigenvalue weighted by Crippen LogP contribution is -2.49. The smallest absolute Gasteiger partial charge is 0.321 e. The SMILES string of the molecule is O=C1CN(S(=O)(=O)c2cccc([N+](=O)[O-])c2)C[C@H](Cn2c3ccccc3c3ccccc32)O1. The van der Waals surface area contributed by atoms with Gasteiger partial charge in [-0.05, 0) is 18.2 Å². The van der Waals surface area contributed by atoms with Gasteiger partial charge in [-0.1, -0.05) is 42.5 Å². The highest BCUT2D eigenvalue weighted by Gasteiger charge is 2.36. The molecule has 0 saturated carbocycles. The van der Waals surface area contributed by atoms with Gasteiger partial charge >= 0.3 is 5.97 Å². The minimum atomic E-state index is -4.13. The lowest BCUT2D eigenvalue weighted by atomic mass is 10.2. The van der Waals surface area contributed by atoms with Crippen molar-refractivity contribution >= 4 is 43.5 Å². The zero-order valence-electron chi connectivity index (χ0n) is 17.3. The van der Waals surface area contributed by atoms with E-state index in [4.69, 9.17) is 4.74 Å². The summed E-state index contributed by atoms with van der Waals surface area (Å²) in [5, 5.41) is 13.2. The maximum absolute atomic E-state index is 13.2. The molecule has 33 heavy (non-hydrogen) atoms. The Morgan fingerprint density at radius 2 is 1.61 bits per heavy atom. The van der Waals surface area contributed by atoms with Crippen molar-refractivity contribution < 1.29 is 22.9 Å². The van der Waals surface area contributed by atoms with Gasteiger partial charge in [-0.25, -0.2) is 8.42 Å². The zero-order valence-corrected chi connectivity index (χ0v) is 18.1. The number of nitro benzene ring substituents is 1. The molecule has 0 N–H and O–H groups in total. The molecule has 0 spiro atoms. The Morgan fingerprint density at radius 1 is 0.970 bits per heavy atom. The molecule has 168 valence electrons. The van der Waals surface area contributed by atoms with Crippen LogP contribution in [-0.2, 0) is 26.1 Å². The van der Waals surface area contributed by atoms with Crippen molar-refractivity contribution in [2.45, 2.75) is 17.5 Å². The van der Waals surface area contributed by atoms with Gasteiger partial charge < -0.3 is 9.30 Å². The van der Waals surface area contributed by atoms with Crippen LogP contribution in [0.4, 0.5) is 5.69 Å². The quantitative estimate of drug-likeness (QED) is 0.254. The molecule has 0 aliphatic carbocycles. The largest absolute Gasteiger partial charge is 0.458 e. The number of non-ortho nitro benzene ring substituents is 1. The number of hydrogen-bond acceptors (Lipinski definition) is 6. The number of ether oxygens (including phenoxy) is 1. The topological polar surface area (TPSA) is 112 Å². The molecule has 4 aromatic rings. The summed E-state index contributed by atoms with van der Waals surface area (Å²) in [6, 6.07) is 20.5. The summed E-state index contributed by atoms with van der Waals surface area (Å²) >= 11 is 0. The standard InChI is InChI=1S/C23H19N3O6S/c27-23-15-24(33(30,31)18-7-5-6-16(12-18)26(28)29)13-17(32-23)14-25-21-10-3-1-8-19(21)20-9-2-4-11-22(20)25/h1-12,17H,13-15H2/t17-/m1/s1. The molecule has 2 heterocycles. The van der Waals surface area contributed by atoms with Crippen LogP contribution in [0.1, 0.15) is 0 Å². The Labute approximate surface area is 189 Å². The van der Waals surface area contributed by atoms with Crippen molar-refractivity contribution in [1.82, 2.24) is 8.87 Å². The summed E-state index contributed by atoms with van der Waals surface area (Å²) in [4.78, 5) is 22.5. The molecule has 1 fully saturated rings. The first-order chi connectivity index (χ1) is 15.8. The highest BCUT2D eigenvalue weighted by molar-refractivity contribution is 7.89. The molecule has 1 atom stereocenters. The molecule has 9 nitrogen and oxygen atoms in total. The van der Waals surface area contributed by atoms with Gasteiger partial charge in [0.2, 0.25) is 10.0 Å². The maximum Gasteiger partial charge on any atom is 0.321 e. The minimum absolute atomic E-state index is 0.0579. The lowest BCUT2D eigenvalue weighted by molar-refractivity contribution is -0.385. The molecule has 1 aliphatic heterocycles. The first-order valence-electron chi connectivity index (χ1n) is 10.2. The van der Waals surface area contributed by atoms with E-state index in [2.05, 4.69) is 0 Å². The molecule has 1 saturated heterocycles. The number of morpholine rings is 1. The third-order valence-electron chi connectivity index (χ3n) is 5.74. The van der Waals surface area contributed by atoms with E-state index >= 15 is 0 Å². The van der Waals surface area contributed by atoms with Crippen LogP contribution in [0.25, 0.3) is 21.8 Å². The average Bonchev–Trinajstić information content (AvgIpc) is 3.13. The Balaban J connectivity index is 1.49. The van der Waals surface area contributed by atoms with Gasteiger partial charge in [0.05, 0.1) is 22.9 Å². The number of cyclic esters (lactones) is 1. The second kappa shape index (κ2) is 7.98. The van der Waals surface area contributed by atoms with Crippen LogP contribution in [0.15, 0.2) is 77.7 Å². The van der Waals surface area contributed by atoms with Crippen LogP contribution in [0, 0.1) is 10.1 Å². The van der Waals surface area contributed by atoms with Crippen molar-refractivity contribution in [3.63, 3.8) is 0 Å². The third-order valence-corrected chi connectivity index (χ3v) is 7.55. The summed E-state index contributed by atoms with van der Waals surface area (Å²) < 4.78 is 34.9. The predicted molar refractivity (Wildman–Crippen MR) is 121 cm³/mol. The fourth-order valence-corrected chi connectivity index (χ4v) is 5.74. The molecule has 1 aliphatic rings. The van der Waals surface area contributed by atoms with Crippen molar-refractivity contribution in [3.05, 3.63) is 82.9 Å². The van der Waals surface area contributed by atoms with E-state index in [-0.39, 0.29) is 23.7 Å². The van der Waals surface area contributed by atoms with Crippen molar-refractivity contribution in [2.24, 2.45) is 0 Å². The molecule has 0 amide bonds. The van der Waals surface area contributed by atoms with Crippen LogP contribution >= 0.6 is 0 Å². The van der Waals surface area contributed by atoms with Gasteiger partial charge in [-0.3, -0.25) is 14.9 Å². The van der Waals surface area contributed by atoms with Gasteiger partial charge in [0.1, 0.15) is 12.6 Å². The number of carbonyl (C=O) groups is 1. The number of hydrogen-bond donors (Lipinski definition) is 0. The second-order valence-electron chi connectivity index (χ2n) is 7.81. The molecule has 5 rings (SSSR count). The highest BCUT2D eigenvalue weighted by Crippen LogP contribution is 2.30. The summed E-state index contributed by atoms with van der Waals surface area (Å²) in [6.07, 6.45) is -0.723. The van der Waals surface area contributed by atoms with Crippen LogP contribution in [0.3, 0.4) is 0 Å². The van der Waals surface area contributed by atoms with E-state index in [0.717, 1.165) is 32.2 Å². The van der Waals surface area contributed by atoms with E-state index in [1.807, 2.05) is 53.1 Å². The second-order valence-corrected chi connectivity index (χ2v) is 9.75. The summed E-state index contributed by atoms with van der Waals surface area (Å²) in [5.41, 5.74) is 1.57. The normalized spacial score (nSPS) is 17.3. The third kappa shape index (κ3) is 3.73. The monoisotopic (exact) mass is 465 g/mol. The molecule has 10 heteroatoms. The summed E-state index contributed by atoms with van der Waals surface area (Å²) in [7, 11) is -4.13. The van der Waals surface area contributed by atoms with Gasteiger partial charge in [-0.15, -0.1) is 0 Å². The minimum Gasteiger partial charge on any atom is -0.458 e. The fraction of sp³-hybridized carbons (Fsp3) is 0.174. The number of para-hydroxylation sites is 2. The van der Waals surface area contributed by atoms with Crippen LogP contribution < -0.4 is 0 Å². The van der Waals surface area contributed by atoms with Gasteiger partial charge in [0, 0.05) is 33.9 Å². The van der Waals surface area contributed by atoms with Gasteiger partial charge in [-0.2, -0.15) is 4.31 Å². The molecular weight excluding hydrogens is 446 g/mol.